The first-order valence-electron chi connectivity index (χ1n) is 5.37. The maximum Gasteiger partial charge on any atom is 0.257 e. The van der Waals surface area contributed by atoms with E-state index in [0.717, 1.165) is 4.47 Å². The van der Waals surface area contributed by atoms with E-state index >= 15 is 0 Å². The quantitative estimate of drug-likeness (QED) is 0.913. The van der Waals surface area contributed by atoms with Gasteiger partial charge in [0.2, 0.25) is 0 Å². The molecule has 0 aliphatic heterocycles. The first-order valence-corrected chi connectivity index (χ1v) is 6.16. The summed E-state index contributed by atoms with van der Waals surface area (Å²) in [5, 5.41) is 0. The first-order chi connectivity index (χ1) is 7.70. The second-order valence-corrected chi connectivity index (χ2v) is 6.22. The number of carbonyl (C=O) groups is 1. The summed E-state index contributed by atoms with van der Waals surface area (Å²) in [4.78, 5) is 17.8. The highest BCUT2D eigenvalue weighted by atomic mass is 79.9. The molecule has 0 saturated carbocycles. The molecule has 1 heterocycles. The minimum atomic E-state index is -0.105. The van der Waals surface area contributed by atoms with Crippen molar-refractivity contribution < 1.29 is 4.79 Å². The molecule has 1 aromatic heterocycles. The van der Waals surface area contributed by atoms with Crippen LogP contribution in [0.15, 0.2) is 16.7 Å². The Balaban J connectivity index is 2.93. The number of hydrogen-bond acceptors (Lipinski definition) is 3. The van der Waals surface area contributed by atoms with E-state index < -0.39 is 0 Å². The number of nitrogens with two attached hydrogens (primary N) is 1. The topological polar surface area (TPSA) is 59.2 Å². The number of amides is 1. The van der Waals surface area contributed by atoms with Crippen LogP contribution in [0.3, 0.4) is 0 Å². The number of aromatic nitrogens is 1. The largest absolute Gasteiger partial charge is 0.383 e. The van der Waals surface area contributed by atoms with Crippen LogP contribution >= 0.6 is 15.9 Å². The molecule has 0 fully saturated rings. The fourth-order valence-electron chi connectivity index (χ4n) is 1.61. The van der Waals surface area contributed by atoms with E-state index in [1.165, 1.54) is 0 Å². The molecule has 0 aliphatic rings. The SMILES string of the molecule is CN(CC(C)(C)C)C(=O)c1cc(Br)cnc1N. The van der Waals surface area contributed by atoms with Crippen molar-refractivity contribution in [3.63, 3.8) is 0 Å². The molecular formula is C12H18BrN3O. The zero-order valence-corrected chi connectivity index (χ0v) is 12.2. The zero-order chi connectivity index (χ0) is 13.2. The molecule has 0 atom stereocenters. The number of halogens is 1. The second-order valence-electron chi connectivity index (χ2n) is 5.31. The lowest BCUT2D eigenvalue weighted by molar-refractivity contribution is 0.0746. The lowest BCUT2D eigenvalue weighted by Crippen LogP contribution is -2.35. The molecule has 0 spiro atoms. The summed E-state index contributed by atoms with van der Waals surface area (Å²) in [6.07, 6.45) is 1.58. The van der Waals surface area contributed by atoms with Gasteiger partial charge in [-0.15, -0.1) is 0 Å². The third-order valence-corrected chi connectivity index (χ3v) is 2.61. The minimum Gasteiger partial charge on any atom is -0.383 e. The van der Waals surface area contributed by atoms with E-state index in [1.54, 1.807) is 24.2 Å². The molecule has 5 heteroatoms. The Kier molecular flexibility index (Phi) is 4.14. The molecule has 0 bridgehead atoms. The molecule has 2 N–H and O–H groups in total. The Morgan fingerprint density at radius 2 is 2.12 bits per heavy atom. The molecule has 94 valence electrons. The predicted octanol–water partition coefficient (Wildman–Crippen LogP) is 2.54. The summed E-state index contributed by atoms with van der Waals surface area (Å²) in [5.41, 5.74) is 6.20. The number of pyridine rings is 1. The van der Waals surface area contributed by atoms with Gasteiger partial charge in [-0.2, -0.15) is 0 Å². The van der Waals surface area contributed by atoms with Gasteiger partial charge < -0.3 is 10.6 Å². The molecule has 0 aromatic carbocycles. The first kappa shape index (κ1) is 14.0. The van der Waals surface area contributed by atoms with Gasteiger partial charge in [0.25, 0.3) is 5.91 Å². The third kappa shape index (κ3) is 4.00. The molecule has 0 aliphatic carbocycles. The van der Waals surface area contributed by atoms with Crippen LogP contribution in [0.1, 0.15) is 31.1 Å². The maximum absolute atomic E-state index is 12.2. The van der Waals surface area contributed by atoms with Crippen molar-refractivity contribution in [2.75, 3.05) is 19.3 Å². The van der Waals surface area contributed by atoms with Crippen LogP contribution in [0.5, 0.6) is 0 Å². The van der Waals surface area contributed by atoms with E-state index in [9.17, 15) is 4.79 Å². The fraction of sp³-hybridized carbons (Fsp3) is 0.500. The summed E-state index contributed by atoms with van der Waals surface area (Å²) in [7, 11) is 1.77. The molecule has 1 amide bonds. The molecule has 0 unspecified atom stereocenters. The molecule has 1 aromatic rings. The molecule has 4 nitrogen and oxygen atoms in total. The van der Waals surface area contributed by atoms with Gasteiger partial charge >= 0.3 is 0 Å². The summed E-state index contributed by atoms with van der Waals surface area (Å²) in [5.74, 6) is 0.158. The molecule has 17 heavy (non-hydrogen) atoms. The minimum absolute atomic E-state index is 0.0542. The van der Waals surface area contributed by atoms with Gasteiger partial charge in [0.15, 0.2) is 0 Å². The van der Waals surface area contributed by atoms with Gasteiger partial charge in [0.05, 0.1) is 5.56 Å². The van der Waals surface area contributed by atoms with E-state index in [1.807, 2.05) is 0 Å². The summed E-state index contributed by atoms with van der Waals surface area (Å²) >= 11 is 3.29. The van der Waals surface area contributed by atoms with Gasteiger partial charge in [-0.1, -0.05) is 20.8 Å². The summed E-state index contributed by atoms with van der Waals surface area (Å²) < 4.78 is 0.749. The average molecular weight is 300 g/mol. The van der Waals surface area contributed by atoms with Crippen molar-refractivity contribution in [2.24, 2.45) is 5.41 Å². The van der Waals surface area contributed by atoms with Crippen molar-refractivity contribution >= 4 is 27.7 Å². The Hall–Kier alpha value is -1.10. The smallest absolute Gasteiger partial charge is 0.257 e. The monoisotopic (exact) mass is 299 g/mol. The average Bonchev–Trinajstić information content (AvgIpc) is 2.18. The molecule has 1 rings (SSSR count). The van der Waals surface area contributed by atoms with E-state index in [4.69, 9.17) is 5.73 Å². The van der Waals surface area contributed by atoms with Gasteiger partial charge in [-0.25, -0.2) is 4.98 Å². The van der Waals surface area contributed by atoms with Crippen molar-refractivity contribution in [2.45, 2.75) is 20.8 Å². The van der Waals surface area contributed by atoms with Crippen LogP contribution in [0.25, 0.3) is 0 Å². The van der Waals surface area contributed by atoms with E-state index in [-0.39, 0.29) is 17.1 Å². The second kappa shape index (κ2) is 5.04. The molecular weight excluding hydrogens is 282 g/mol. The number of anilines is 1. The Morgan fingerprint density at radius 3 is 2.65 bits per heavy atom. The summed E-state index contributed by atoms with van der Waals surface area (Å²) in [6.45, 7) is 6.91. The van der Waals surface area contributed by atoms with Gasteiger partial charge in [-0.05, 0) is 27.4 Å². The van der Waals surface area contributed by atoms with Gasteiger partial charge in [0.1, 0.15) is 5.82 Å². The third-order valence-electron chi connectivity index (χ3n) is 2.17. The Morgan fingerprint density at radius 1 is 1.53 bits per heavy atom. The maximum atomic E-state index is 12.2. The van der Waals surface area contributed by atoms with Crippen molar-refractivity contribution in [3.05, 3.63) is 22.3 Å². The number of nitrogens with zero attached hydrogens (tertiary/aromatic N) is 2. The Labute approximate surface area is 110 Å². The van der Waals surface area contributed by atoms with Crippen molar-refractivity contribution in [3.8, 4) is 0 Å². The van der Waals surface area contributed by atoms with Crippen molar-refractivity contribution in [1.82, 2.24) is 9.88 Å². The standard InChI is InChI=1S/C12H18BrN3O/c1-12(2,3)7-16(4)11(17)9-5-8(13)6-15-10(9)14/h5-6H,7H2,1-4H3,(H2,14,15). The van der Waals surface area contributed by atoms with Gasteiger partial charge in [-0.3, -0.25) is 4.79 Å². The van der Waals surface area contributed by atoms with Crippen LogP contribution in [-0.2, 0) is 0 Å². The van der Waals surface area contributed by atoms with Crippen LogP contribution < -0.4 is 5.73 Å². The van der Waals surface area contributed by atoms with E-state index in [2.05, 4.69) is 41.7 Å². The molecule has 0 saturated heterocycles. The fourth-order valence-corrected chi connectivity index (χ4v) is 1.94. The normalized spacial score (nSPS) is 11.4. The predicted molar refractivity (Wildman–Crippen MR) is 72.8 cm³/mol. The lowest BCUT2D eigenvalue weighted by Gasteiger charge is -2.26. The highest BCUT2D eigenvalue weighted by Gasteiger charge is 2.20. The Bertz CT molecular complexity index is 426. The van der Waals surface area contributed by atoms with Crippen LogP contribution in [0.2, 0.25) is 0 Å². The highest BCUT2D eigenvalue weighted by molar-refractivity contribution is 9.10. The summed E-state index contributed by atoms with van der Waals surface area (Å²) in [6, 6.07) is 1.70. The number of nitrogen functional groups attached to an aromatic ring is 1. The van der Waals surface area contributed by atoms with Gasteiger partial charge in [0, 0.05) is 24.3 Å². The molecule has 0 radical (unpaired) electrons. The lowest BCUT2D eigenvalue weighted by atomic mass is 9.96. The van der Waals surface area contributed by atoms with Crippen LogP contribution in [-0.4, -0.2) is 29.4 Å². The van der Waals surface area contributed by atoms with Crippen molar-refractivity contribution in [1.29, 1.82) is 0 Å². The van der Waals surface area contributed by atoms with Crippen LogP contribution in [0, 0.1) is 5.41 Å². The van der Waals surface area contributed by atoms with Crippen LogP contribution in [0.4, 0.5) is 5.82 Å². The number of carbonyl (C=O) groups excluding carboxylic acids is 1. The number of rotatable bonds is 2. The highest BCUT2D eigenvalue weighted by Crippen LogP contribution is 2.20. The number of hydrogen-bond donors (Lipinski definition) is 1. The zero-order valence-electron chi connectivity index (χ0n) is 10.6. The van der Waals surface area contributed by atoms with E-state index in [0.29, 0.717) is 12.1 Å².